The minimum absolute atomic E-state index is 0.633. The second kappa shape index (κ2) is 7.60. The van der Waals surface area contributed by atoms with Crippen molar-refractivity contribution in [3.05, 3.63) is 70.2 Å². The van der Waals surface area contributed by atoms with Crippen molar-refractivity contribution in [2.45, 2.75) is 26.5 Å². The fourth-order valence-electron chi connectivity index (χ4n) is 2.38. The Morgan fingerprint density at radius 3 is 2.24 bits per heavy atom. The molecule has 0 saturated heterocycles. The van der Waals surface area contributed by atoms with E-state index in [1.165, 1.54) is 5.56 Å². The van der Waals surface area contributed by atoms with Crippen molar-refractivity contribution in [3.63, 3.8) is 0 Å². The topological polar surface area (TPSA) is 23.5 Å². The standard InChI is InChI=1S/C18H22ClNO/c1-3-20(4-2)13-14-8-10-15(11-9-14)18(21)16-6-5-7-17(19)12-16/h5-12,18,21H,3-4,13H2,1-2H3. The van der Waals surface area contributed by atoms with Gasteiger partial charge >= 0.3 is 0 Å². The Labute approximate surface area is 132 Å². The molecule has 0 aromatic heterocycles. The first-order valence-electron chi connectivity index (χ1n) is 7.38. The summed E-state index contributed by atoms with van der Waals surface area (Å²) >= 11 is 5.97. The van der Waals surface area contributed by atoms with Crippen LogP contribution < -0.4 is 0 Å². The highest BCUT2D eigenvalue weighted by Crippen LogP contribution is 2.24. The Hall–Kier alpha value is -1.35. The van der Waals surface area contributed by atoms with E-state index in [4.69, 9.17) is 11.6 Å². The summed E-state index contributed by atoms with van der Waals surface area (Å²) in [5.74, 6) is 0. The predicted octanol–water partition coefficient (Wildman–Crippen LogP) is 4.26. The van der Waals surface area contributed by atoms with Gasteiger partial charge in [0.2, 0.25) is 0 Å². The molecule has 0 fully saturated rings. The molecule has 2 aromatic rings. The number of hydrogen-bond donors (Lipinski definition) is 1. The van der Waals surface area contributed by atoms with Gasteiger partial charge in [-0.2, -0.15) is 0 Å². The highest BCUT2D eigenvalue weighted by molar-refractivity contribution is 6.30. The van der Waals surface area contributed by atoms with Crippen molar-refractivity contribution in [3.8, 4) is 0 Å². The third-order valence-corrected chi connectivity index (χ3v) is 4.00. The molecular weight excluding hydrogens is 282 g/mol. The van der Waals surface area contributed by atoms with Crippen molar-refractivity contribution in [1.29, 1.82) is 0 Å². The molecule has 1 unspecified atom stereocenters. The van der Waals surface area contributed by atoms with Crippen LogP contribution in [0.3, 0.4) is 0 Å². The maximum Gasteiger partial charge on any atom is 0.104 e. The lowest BCUT2D eigenvalue weighted by Gasteiger charge is -2.18. The van der Waals surface area contributed by atoms with E-state index in [2.05, 4.69) is 30.9 Å². The number of hydrogen-bond acceptors (Lipinski definition) is 2. The van der Waals surface area contributed by atoms with Crippen LogP contribution in [0, 0.1) is 0 Å². The predicted molar refractivity (Wildman–Crippen MR) is 88.6 cm³/mol. The fraction of sp³-hybridized carbons (Fsp3) is 0.333. The Kier molecular flexibility index (Phi) is 5.80. The first kappa shape index (κ1) is 16.0. The molecule has 0 aliphatic rings. The van der Waals surface area contributed by atoms with Crippen molar-refractivity contribution >= 4 is 11.6 Å². The lowest BCUT2D eigenvalue weighted by Crippen LogP contribution is -2.22. The SMILES string of the molecule is CCN(CC)Cc1ccc(C(O)c2cccc(Cl)c2)cc1. The van der Waals surface area contributed by atoms with Gasteiger partial charge in [0.15, 0.2) is 0 Å². The largest absolute Gasteiger partial charge is 0.384 e. The second-order valence-corrected chi connectivity index (χ2v) is 5.60. The van der Waals surface area contributed by atoms with Gasteiger partial charge < -0.3 is 5.11 Å². The fourth-order valence-corrected chi connectivity index (χ4v) is 2.58. The highest BCUT2D eigenvalue weighted by atomic mass is 35.5. The first-order valence-corrected chi connectivity index (χ1v) is 7.76. The molecule has 2 aromatic carbocycles. The van der Waals surface area contributed by atoms with Crippen LogP contribution in [0.25, 0.3) is 0 Å². The molecule has 21 heavy (non-hydrogen) atoms. The quantitative estimate of drug-likeness (QED) is 0.862. The number of benzene rings is 2. The number of halogens is 1. The van der Waals surface area contributed by atoms with Gasteiger partial charge in [0.1, 0.15) is 6.10 Å². The summed E-state index contributed by atoms with van der Waals surface area (Å²) in [7, 11) is 0. The third-order valence-electron chi connectivity index (χ3n) is 3.76. The summed E-state index contributed by atoms with van der Waals surface area (Å²) in [5, 5.41) is 11.1. The summed E-state index contributed by atoms with van der Waals surface area (Å²) in [6.07, 6.45) is -0.633. The summed E-state index contributed by atoms with van der Waals surface area (Å²) in [6.45, 7) is 7.37. The van der Waals surface area contributed by atoms with Crippen LogP contribution in [0.1, 0.15) is 36.6 Å². The molecule has 3 heteroatoms. The van der Waals surface area contributed by atoms with Crippen molar-refractivity contribution in [2.75, 3.05) is 13.1 Å². The first-order chi connectivity index (χ1) is 10.1. The van der Waals surface area contributed by atoms with Gasteiger partial charge in [-0.05, 0) is 41.9 Å². The molecule has 2 rings (SSSR count). The normalized spacial score (nSPS) is 12.6. The van der Waals surface area contributed by atoms with E-state index < -0.39 is 6.10 Å². The monoisotopic (exact) mass is 303 g/mol. The summed E-state index contributed by atoms with van der Waals surface area (Å²) < 4.78 is 0. The minimum atomic E-state index is -0.633. The van der Waals surface area contributed by atoms with Gasteiger partial charge in [0.05, 0.1) is 0 Å². The van der Waals surface area contributed by atoms with E-state index >= 15 is 0 Å². The zero-order chi connectivity index (χ0) is 15.2. The van der Waals surface area contributed by atoms with Crippen molar-refractivity contribution in [2.24, 2.45) is 0 Å². The van der Waals surface area contributed by atoms with E-state index in [0.29, 0.717) is 5.02 Å². The molecule has 0 bridgehead atoms. The van der Waals surface area contributed by atoms with Gasteiger partial charge in [-0.25, -0.2) is 0 Å². The van der Waals surface area contributed by atoms with E-state index in [9.17, 15) is 5.11 Å². The molecule has 0 saturated carbocycles. The molecule has 112 valence electrons. The van der Waals surface area contributed by atoms with Gasteiger partial charge in [-0.15, -0.1) is 0 Å². The molecular formula is C18H22ClNO. The summed E-state index contributed by atoms with van der Waals surface area (Å²) in [4.78, 5) is 2.36. The van der Waals surface area contributed by atoms with Crippen LogP contribution in [-0.2, 0) is 6.54 Å². The lowest BCUT2D eigenvalue weighted by atomic mass is 10.0. The van der Waals surface area contributed by atoms with E-state index in [1.54, 1.807) is 6.07 Å². The zero-order valence-corrected chi connectivity index (χ0v) is 13.3. The molecule has 1 N–H and O–H groups in total. The Morgan fingerprint density at radius 2 is 1.67 bits per heavy atom. The zero-order valence-electron chi connectivity index (χ0n) is 12.6. The van der Waals surface area contributed by atoms with Crippen LogP contribution in [0.5, 0.6) is 0 Å². The third kappa shape index (κ3) is 4.31. The average Bonchev–Trinajstić information content (AvgIpc) is 2.52. The molecule has 2 nitrogen and oxygen atoms in total. The number of rotatable bonds is 6. The van der Waals surface area contributed by atoms with Gasteiger partial charge in [-0.1, -0.05) is 61.8 Å². The van der Waals surface area contributed by atoms with Crippen LogP contribution in [0.4, 0.5) is 0 Å². The maximum absolute atomic E-state index is 10.4. The average molecular weight is 304 g/mol. The number of aliphatic hydroxyl groups is 1. The van der Waals surface area contributed by atoms with Gasteiger partial charge in [-0.3, -0.25) is 4.90 Å². The molecule has 0 radical (unpaired) electrons. The lowest BCUT2D eigenvalue weighted by molar-refractivity contribution is 0.220. The van der Waals surface area contributed by atoms with Crippen LogP contribution in [-0.4, -0.2) is 23.1 Å². The van der Waals surface area contributed by atoms with E-state index in [0.717, 1.165) is 30.8 Å². The summed E-state index contributed by atoms with van der Waals surface area (Å²) in [5.41, 5.74) is 2.97. The van der Waals surface area contributed by atoms with E-state index in [1.807, 2.05) is 30.3 Å². The van der Waals surface area contributed by atoms with Gasteiger partial charge in [0.25, 0.3) is 0 Å². The molecule has 0 amide bonds. The maximum atomic E-state index is 10.4. The van der Waals surface area contributed by atoms with Crippen LogP contribution >= 0.6 is 11.6 Å². The number of aliphatic hydroxyl groups excluding tert-OH is 1. The molecule has 0 spiro atoms. The minimum Gasteiger partial charge on any atom is -0.384 e. The number of nitrogens with zero attached hydrogens (tertiary/aromatic N) is 1. The molecule has 0 aliphatic carbocycles. The Bertz CT molecular complexity index is 564. The highest BCUT2D eigenvalue weighted by Gasteiger charge is 2.11. The van der Waals surface area contributed by atoms with Gasteiger partial charge in [0, 0.05) is 11.6 Å². The van der Waals surface area contributed by atoms with Crippen molar-refractivity contribution in [1.82, 2.24) is 4.90 Å². The van der Waals surface area contributed by atoms with Crippen LogP contribution in [0.2, 0.25) is 5.02 Å². The summed E-state index contributed by atoms with van der Waals surface area (Å²) in [6, 6.07) is 15.5. The molecule has 0 aliphatic heterocycles. The molecule has 0 heterocycles. The smallest absolute Gasteiger partial charge is 0.104 e. The molecule has 1 atom stereocenters. The second-order valence-electron chi connectivity index (χ2n) is 5.16. The Balaban J connectivity index is 2.11. The Morgan fingerprint density at radius 1 is 1.00 bits per heavy atom. The van der Waals surface area contributed by atoms with Crippen LogP contribution in [0.15, 0.2) is 48.5 Å². The van der Waals surface area contributed by atoms with E-state index in [-0.39, 0.29) is 0 Å². The van der Waals surface area contributed by atoms with Crippen molar-refractivity contribution < 1.29 is 5.11 Å².